The first-order valence-electron chi connectivity index (χ1n) is 6.56. The van der Waals surface area contributed by atoms with Gasteiger partial charge in [-0.05, 0) is 44.4 Å². The van der Waals surface area contributed by atoms with Crippen molar-refractivity contribution in [3.63, 3.8) is 0 Å². The van der Waals surface area contributed by atoms with Crippen LogP contribution in [0.25, 0.3) is 0 Å². The Morgan fingerprint density at radius 2 is 1.85 bits per heavy atom. The van der Waals surface area contributed by atoms with E-state index in [9.17, 15) is 4.79 Å². The van der Waals surface area contributed by atoms with Gasteiger partial charge < -0.3 is 4.74 Å². The molecule has 0 unspecified atom stereocenters. The molecule has 20 heavy (non-hydrogen) atoms. The quantitative estimate of drug-likeness (QED) is 0.601. The van der Waals surface area contributed by atoms with Gasteiger partial charge in [-0.3, -0.25) is 4.79 Å². The van der Waals surface area contributed by atoms with Crippen LogP contribution in [0.5, 0.6) is 5.75 Å². The minimum atomic E-state index is 0.0316. The molecule has 0 aliphatic carbocycles. The fourth-order valence-corrected chi connectivity index (χ4v) is 2.57. The van der Waals surface area contributed by atoms with Crippen molar-refractivity contribution in [1.29, 1.82) is 0 Å². The second kappa shape index (κ2) is 6.62. The Bertz CT molecular complexity index is 605. The Labute approximate surface area is 124 Å². The Kier molecular flexibility index (Phi) is 4.85. The molecule has 2 rings (SSSR count). The lowest BCUT2D eigenvalue weighted by molar-refractivity contribution is 0.103. The molecule has 2 nitrogen and oxygen atoms in total. The summed E-state index contributed by atoms with van der Waals surface area (Å²) in [5.74, 6) is 0.761. The van der Waals surface area contributed by atoms with Gasteiger partial charge in [0, 0.05) is 16.0 Å². The molecule has 0 aromatic heterocycles. The lowest BCUT2D eigenvalue weighted by atomic mass is 10.0. The maximum atomic E-state index is 12.6. The minimum absolute atomic E-state index is 0.0316. The molecule has 0 heterocycles. The van der Waals surface area contributed by atoms with E-state index in [0.29, 0.717) is 5.56 Å². The third-order valence-electron chi connectivity index (χ3n) is 2.82. The molecule has 3 heteroatoms. The van der Waals surface area contributed by atoms with Crippen molar-refractivity contribution in [2.45, 2.75) is 24.8 Å². The second-order valence-electron chi connectivity index (χ2n) is 4.72. The van der Waals surface area contributed by atoms with Gasteiger partial charge in [0.2, 0.25) is 0 Å². The molecule has 0 saturated carbocycles. The number of thioether (sulfide) groups is 1. The fraction of sp³-hybridized carbons (Fsp3) is 0.235. The Morgan fingerprint density at radius 3 is 2.55 bits per heavy atom. The van der Waals surface area contributed by atoms with Crippen LogP contribution in [-0.4, -0.2) is 18.1 Å². The van der Waals surface area contributed by atoms with Crippen LogP contribution in [0.3, 0.4) is 0 Å². The van der Waals surface area contributed by atoms with Gasteiger partial charge in [0.1, 0.15) is 5.75 Å². The molecule has 0 N–H and O–H groups in total. The molecule has 2 aromatic rings. The van der Waals surface area contributed by atoms with Crippen LogP contribution in [0.1, 0.15) is 29.8 Å². The Morgan fingerprint density at radius 1 is 1.10 bits per heavy atom. The molecule has 0 saturated heterocycles. The number of ether oxygens (including phenoxy) is 1. The van der Waals surface area contributed by atoms with Crippen molar-refractivity contribution < 1.29 is 9.53 Å². The molecule has 0 aliphatic heterocycles. The summed E-state index contributed by atoms with van der Waals surface area (Å²) >= 11 is 1.58. The third-order valence-corrected chi connectivity index (χ3v) is 3.62. The summed E-state index contributed by atoms with van der Waals surface area (Å²) in [6, 6.07) is 15.0. The summed E-state index contributed by atoms with van der Waals surface area (Å²) in [6.45, 7) is 3.94. The van der Waals surface area contributed by atoms with Crippen molar-refractivity contribution in [2.75, 3.05) is 6.26 Å². The van der Waals surface area contributed by atoms with Gasteiger partial charge in [0.15, 0.2) is 5.78 Å². The zero-order chi connectivity index (χ0) is 14.5. The van der Waals surface area contributed by atoms with E-state index in [0.717, 1.165) is 16.2 Å². The van der Waals surface area contributed by atoms with Gasteiger partial charge >= 0.3 is 0 Å². The number of carbonyl (C=O) groups excluding carboxylic acids is 1. The molecule has 0 bridgehead atoms. The molecule has 0 radical (unpaired) electrons. The number of hydrogen-bond donors (Lipinski definition) is 0. The molecule has 0 fully saturated rings. The standard InChI is InChI=1S/C17H18O2S/c1-12(2)19-14-8-6-7-13(11-14)17(18)15-9-4-5-10-16(15)20-3/h4-12H,1-3H3. The first-order valence-corrected chi connectivity index (χ1v) is 7.78. The molecular weight excluding hydrogens is 268 g/mol. The largest absolute Gasteiger partial charge is 0.491 e. The highest BCUT2D eigenvalue weighted by Gasteiger charge is 2.13. The molecule has 0 aliphatic rings. The highest BCUT2D eigenvalue weighted by molar-refractivity contribution is 7.98. The summed E-state index contributed by atoms with van der Waals surface area (Å²) in [5.41, 5.74) is 1.39. The van der Waals surface area contributed by atoms with Crippen LogP contribution in [0, 0.1) is 0 Å². The van der Waals surface area contributed by atoms with E-state index in [1.807, 2.05) is 62.6 Å². The summed E-state index contributed by atoms with van der Waals surface area (Å²) in [6.07, 6.45) is 2.07. The number of ketones is 1. The maximum absolute atomic E-state index is 12.6. The smallest absolute Gasteiger partial charge is 0.194 e. The topological polar surface area (TPSA) is 26.3 Å². The van der Waals surface area contributed by atoms with E-state index in [1.54, 1.807) is 17.8 Å². The van der Waals surface area contributed by atoms with Crippen molar-refractivity contribution in [3.8, 4) is 5.75 Å². The van der Waals surface area contributed by atoms with Gasteiger partial charge in [-0.2, -0.15) is 0 Å². The molecular formula is C17H18O2S. The van der Waals surface area contributed by atoms with Crippen LogP contribution in [0.2, 0.25) is 0 Å². The van der Waals surface area contributed by atoms with Gasteiger partial charge in [0.05, 0.1) is 6.10 Å². The Hall–Kier alpha value is -1.74. The number of hydrogen-bond acceptors (Lipinski definition) is 3. The molecule has 2 aromatic carbocycles. The number of carbonyl (C=O) groups is 1. The van der Waals surface area contributed by atoms with E-state index >= 15 is 0 Å². The maximum Gasteiger partial charge on any atom is 0.194 e. The SMILES string of the molecule is CSc1ccccc1C(=O)c1cccc(OC(C)C)c1. The second-order valence-corrected chi connectivity index (χ2v) is 5.57. The summed E-state index contributed by atoms with van der Waals surface area (Å²) < 4.78 is 5.64. The van der Waals surface area contributed by atoms with Gasteiger partial charge in [0.25, 0.3) is 0 Å². The van der Waals surface area contributed by atoms with Gasteiger partial charge in [-0.15, -0.1) is 11.8 Å². The van der Waals surface area contributed by atoms with E-state index in [-0.39, 0.29) is 11.9 Å². The van der Waals surface area contributed by atoms with Crippen molar-refractivity contribution >= 4 is 17.5 Å². The predicted octanol–water partition coefficient (Wildman–Crippen LogP) is 4.43. The van der Waals surface area contributed by atoms with E-state index in [4.69, 9.17) is 4.74 Å². The first-order chi connectivity index (χ1) is 9.61. The van der Waals surface area contributed by atoms with Crippen LogP contribution in [-0.2, 0) is 0 Å². The van der Waals surface area contributed by atoms with Crippen LogP contribution in [0.4, 0.5) is 0 Å². The van der Waals surface area contributed by atoms with Crippen LogP contribution >= 0.6 is 11.8 Å². The van der Waals surface area contributed by atoms with Gasteiger partial charge in [-0.1, -0.05) is 24.3 Å². The third kappa shape index (κ3) is 3.42. The monoisotopic (exact) mass is 286 g/mol. The first kappa shape index (κ1) is 14.7. The summed E-state index contributed by atoms with van der Waals surface area (Å²) in [5, 5.41) is 0. The summed E-state index contributed by atoms with van der Waals surface area (Å²) in [4.78, 5) is 13.6. The molecule has 0 amide bonds. The average Bonchev–Trinajstić information content (AvgIpc) is 2.46. The van der Waals surface area contributed by atoms with E-state index in [2.05, 4.69) is 0 Å². The summed E-state index contributed by atoms with van der Waals surface area (Å²) in [7, 11) is 0. The highest BCUT2D eigenvalue weighted by atomic mass is 32.2. The lowest BCUT2D eigenvalue weighted by Crippen LogP contribution is -2.07. The molecule has 0 atom stereocenters. The van der Waals surface area contributed by atoms with Gasteiger partial charge in [-0.25, -0.2) is 0 Å². The minimum Gasteiger partial charge on any atom is -0.491 e. The predicted molar refractivity (Wildman–Crippen MR) is 83.9 cm³/mol. The fourth-order valence-electron chi connectivity index (χ4n) is 1.97. The number of benzene rings is 2. The van der Waals surface area contributed by atoms with E-state index in [1.165, 1.54) is 0 Å². The molecule has 0 spiro atoms. The van der Waals surface area contributed by atoms with Crippen LogP contribution < -0.4 is 4.74 Å². The number of rotatable bonds is 5. The molecule has 104 valence electrons. The van der Waals surface area contributed by atoms with Crippen LogP contribution in [0.15, 0.2) is 53.4 Å². The average molecular weight is 286 g/mol. The van der Waals surface area contributed by atoms with E-state index < -0.39 is 0 Å². The highest BCUT2D eigenvalue weighted by Crippen LogP contribution is 2.24. The van der Waals surface area contributed by atoms with Crippen molar-refractivity contribution in [3.05, 3.63) is 59.7 Å². The zero-order valence-electron chi connectivity index (χ0n) is 11.9. The van der Waals surface area contributed by atoms with Crippen molar-refractivity contribution in [2.24, 2.45) is 0 Å². The normalized spacial score (nSPS) is 10.6. The lowest BCUT2D eigenvalue weighted by Gasteiger charge is -2.11. The zero-order valence-corrected chi connectivity index (χ0v) is 12.7. The Balaban J connectivity index is 2.33. The van der Waals surface area contributed by atoms with Crippen molar-refractivity contribution in [1.82, 2.24) is 0 Å².